The molecule has 8 heteroatoms. The second kappa shape index (κ2) is 10.0. The molecule has 0 unspecified atom stereocenters. The molecule has 2 rings (SSSR count). The van der Waals surface area contributed by atoms with Crippen molar-refractivity contribution < 1.29 is 29.0 Å². The zero-order valence-electron chi connectivity index (χ0n) is 19.0. The van der Waals surface area contributed by atoms with Crippen molar-refractivity contribution in [1.82, 2.24) is 10.6 Å². The maximum absolute atomic E-state index is 13.3. The quantitative estimate of drug-likeness (QED) is 0.568. The minimum Gasteiger partial charge on any atom is -0.508 e. The lowest BCUT2D eigenvalue weighted by molar-refractivity contribution is -0.152. The molecule has 1 saturated carbocycles. The molecule has 3 N–H and O–H groups in total. The third-order valence-corrected chi connectivity index (χ3v) is 4.95. The van der Waals surface area contributed by atoms with Gasteiger partial charge in [-0.25, -0.2) is 9.59 Å². The number of phenols is 1. The van der Waals surface area contributed by atoms with E-state index in [1.807, 2.05) is 0 Å². The van der Waals surface area contributed by atoms with Crippen molar-refractivity contribution in [2.75, 3.05) is 0 Å². The first kappa shape index (κ1) is 24.5. The van der Waals surface area contributed by atoms with Crippen LogP contribution in [0.3, 0.4) is 0 Å². The summed E-state index contributed by atoms with van der Waals surface area (Å²) in [5.41, 5.74) is -1.07. The average Bonchev–Trinajstić information content (AvgIpc) is 3.10. The predicted octanol–water partition coefficient (Wildman–Crippen LogP) is 3.21. The zero-order valence-corrected chi connectivity index (χ0v) is 19.0. The fourth-order valence-corrected chi connectivity index (χ4v) is 3.56. The predicted molar refractivity (Wildman–Crippen MR) is 116 cm³/mol. The van der Waals surface area contributed by atoms with E-state index in [4.69, 9.17) is 9.47 Å². The number of hydrogen-bond donors (Lipinski definition) is 3. The van der Waals surface area contributed by atoms with Crippen LogP contribution in [0, 0.1) is 0 Å². The Balaban J connectivity index is 2.19. The van der Waals surface area contributed by atoms with E-state index in [1.54, 1.807) is 46.8 Å². The molecule has 1 fully saturated rings. The third-order valence-electron chi connectivity index (χ3n) is 4.95. The van der Waals surface area contributed by atoms with Crippen molar-refractivity contribution in [3.63, 3.8) is 0 Å². The van der Waals surface area contributed by atoms with Gasteiger partial charge in [0, 0.05) is 6.42 Å². The summed E-state index contributed by atoms with van der Waals surface area (Å²) in [6.45, 7) is 8.73. The maximum atomic E-state index is 13.3. The van der Waals surface area contributed by atoms with Crippen LogP contribution in [-0.4, -0.2) is 46.4 Å². The Morgan fingerprint density at radius 3 is 2.19 bits per heavy atom. The molecular weight excluding hydrogens is 400 g/mol. The lowest BCUT2D eigenvalue weighted by atomic mass is 9.95. The molecule has 0 heterocycles. The van der Waals surface area contributed by atoms with Gasteiger partial charge in [-0.15, -0.1) is 0 Å². The number of ether oxygens (including phenoxy) is 2. The van der Waals surface area contributed by atoms with Crippen molar-refractivity contribution in [3.8, 4) is 5.75 Å². The molecule has 172 valence electrons. The third kappa shape index (κ3) is 7.45. The molecule has 0 saturated heterocycles. The van der Waals surface area contributed by atoms with Crippen molar-refractivity contribution in [2.24, 2.45) is 0 Å². The van der Waals surface area contributed by atoms with Gasteiger partial charge >= 0.3 is 12.1 Å². The number of hydrogen-bond acceptors (Lipinski definition) is 6. The summed E-state index contributed by atoms with van der Waals surface area (Å²) in [6, 6.07) is 5.47. The minimum atomic E-state index is -1.13. The van der Waals surface area contributed by atoms with E-state index >= 15 is 0 Å². The molecule has 1 aliphatic carbocycles. The van der Waals surface area contributed by atoms with Crippen LogP contribution in [0.2, 0.25) is 0 Å². The highest BCUT2D eigenvalue weighted by Crippen LogP contribution is 2.31. The van der Waals surface area contributed by atoms with Crippen molar-refractivity contribution >= 4 is 18.0 Å². The van der Waals surface area contributed by atoms with E-state index in [2.05, 4.69) is 10.6 Å². The van der Waals surface area contributed by atoms with Crippen LogP contribution in [0.4, 0.5) is 4.79 Å². The van der Waals surface area contributed by atoms with Crippen LogP contribution in [0.25, 0.3) is 0 Å². The van der Waals surface area contributed by atoms with Crippen LogP contribution in [0.5, 0.6) is 5.75 Å². The van der Waals surface area contributed by atoms with Gasteiger partial charge in [-0.3, -0.25) is 4.79 Å². The van der Waals surface area contributed by atoms with E-state index in [9.17, 15) is 19.5 Å². The number of aromatic hydroxyl groups is 1. The van der Waals surface area contributed by atoms with Gasteiger partial charge in [0.25, 0.3) is 0 Å². The molecule has 1 aliphatic rings. The number of nitrogens with one attached hydrogen (secondary N) is 2. The minimum absolute atomic E-state index is 0.112. The van der Waals surface area contributed by atoms with Crippen LogP contribution in [0.15, 0.2) is 24.3 Å². The molecule has 1 atom stereocenters. The molecule has 0 bridgehead atoms. The monoisotopic (exact) mass is 434 g/mol. The van der Waals surface area contributed by atoms with Gasteiger partial charge in [-0.05, 0) is 65.2 Å². The molecular formula is C23H34N2O6. The number of benzene rings is 1. The molecule has 0 spiro atoms. The molecule has 1 aromatic carbocycles. The second-order valence-electron chi connectivity index (χ2n) is 9.30. The Labute approximate surface area is 183 Å². The van der Waals surface area contributed by atoms with Crippen molar-refractivity contribution in [2.45, 2.75) is 90.0 Å². The van der Waals surface area contributed by atoms with Gasteiger partial charge in [0.15, 0.2) is 0 Å². The molecule has 2 amide bonds. The normalized spacial score (nSPS) is 16.5. The Morgan fingerprint density at radius 2 is 1.68 bits per heavy atom. The van der Waals surface area contributed by atoms with Crippen LogP contribution in [-0.2, 0) is 25.5 Å². The summed E-state index contributed by atoms with van der Waals surface area (Å²) < 4.78 is 10.7. The highest BCUT2D eigenvalue weighted by molar-refractivity contribution is 5.93. The molecule has 8 nitrogen and oxygen atoms in total. The molecule has 0 aromatic heterocycles. The number of alkyl carbamates (subject to hydrolysis) is 1. The van der Waals surface area contributed by atoms with E-state index < -0.39 is 35.2 Å². The Morgan fingerprint density at radius 1 is 1.10 bits per heavy atom. The topological polar surface area (TPSA) is 114 Å². The maximum Gasteiger partial charge on any atom is 0.408 e. The molecule has 0 aliphatic heterocycles. The van der Waals surface area contributed by atoms with Gasteiger partial charge in [0.1, 0.15) is 22.9 Å². The van der Waals surface area contributed by atoms with Gasteiger partial charge < -0.3 is 25.2 Å². The van der Waals surface area contributed by atoms with Crippen LogP contribution in [0.1, 0.15) is 65.9 Å². The number of carbonyl (C=O) groups excluding carboxylic acids is 3. The lowest BCUT2D eigenvalue weighted by Crippen LogP contribution is -2.60. The smallest absolute Gasteiger partial charge is 0.408 e. The fourth-order valence-electron chi connectivity index (χ4n) is 3.56. The number of amides is 2. The second-order valence-corrected chi connectivity index (χ2v) is 9.30. The average molecular weight is 435 g/mol. The first-order valence-electron chi connectivity index (χ1n) is 10.7. The fraction of sp³-hybridized carbons (Fsp3) is 0.609. The Hall–Kier alpha value is -2.77. The summed E-state index contributed by atoms with van der Waals surface area (Å²) in [6.07, 6.45) is 1.67. The van der Waals surface area contributed by atoms with E-state index in [0.717, 1.165) is 18.4 Å². The first-order valence-corrected chi connectivity index (χ1v) is 10.7. The summed E-state index contributed by atoms with van der Waals surface area (Å²) >= 11 is 0. The Bertz CT molecular complexity index is 776. The Kier molecular flexibility index (Phi) is 7.92. The number of rotatable bonds is 7. The lowest BCUT2D eigenvalue weighted by Gasteiger charge is -2.32. The largest absolute Gasteiger partial charge is 0.508 e. The molecule has 31 heavy (non-hydrogen) atoms. The van der Waals surface area contributed by atoms with E-state index in [0.29, 0.717) is 12.8 Å². The number of carbonyl (C=O) groups is 3. The van der Waals surface area contributed by atoms with Crippen molar-refractivity contribution in [1.29, 1.82) is 0 Å². The van der Waals surface area contributed by atoms with Crippen molar-refractivity contribution in [3.05, 3.63) is 29.8 Å². The zero-order chi connectivity index (χ0) is 23.2. The summed E-state index contributed by atoms with van der Waals surface area (Å²) in [5, 5.41) is 15.0. The summed E-state index contributed by atoms with van der Waals surface area (Å²) in [4.78, 5) is 38.4. The number of esters is 1. The van der Waals surface area contributed by atoms with Gasteiger partial charge in [-0.2, -0.15) is 0 Å². The van der Waals surface area contributed by atoms with Crippen LogP contribution >= 0.6 is 0 Å². The highest BCUT2D eigenvalue weighted by Gasteiger charge is 2.44. The van der Waals surface area contributed by atoms with Gasteiger partial charge in [-0.1, -0.05) is 25.0 Å². The van der Waals surface area contributed by atoms with Gasteiger partial charge in [0.2, 0.25) is 5.91 Å². The number of phenolic OH excluding ortho intramolecular Hbond substituents is 1. The highest BCUT2D eigenvalue weighted by atomic mass is 16.6. The van der Waals surface area contributed by atoms with Crippen LogP contribution < -0.4 is 10.6 Å². The van der Waals surface area contributed by atoms with E-state index in [-0.39, 0.29) is 18.3 Å². The summed E-state index contributed by atoms with van der Waals surface area (Å²) in [5.74, 6) is -0.872. The summed E-state index contributed by atoms with van der Waals surface area (Å²) in [7, 11) is 0. The molecule has 0 radical (unpaired) electrons. The standard InChI is InChI=1S/C23H34N2O6/c1-15(2)30-19(27)18(14-16-8-10-17(26)11-9-16)24-20(28)23(12-6-7-13-23)25-21(29)31-22(3,4)5/h8-11,15,18,26H,6-7,12-14H2,1-5H3,(H,24,28)(H,25,29)/t18-/m0/s1. The first-order chi connectivity index (χ1) is 14.4. The SMILES string of the molecule is CC(C)OC(=O)[C@H](Cc1ccc(O)cc1)NC(=O)C1(NC(=O)OC(C)(C)C)CCCC1. The van der Waals surface area contributed by atoms with E-state index in [1.165, 1.54) is 12.1 Å². The van der Waals surface area contributed by atoms with Gasteiger partial charge in [0.05, 0.1) is 6.10 Å². The molecule has 1 aromatic rings.